The Morgan fingerprint density at radius 3 is 2.31 bits per heavy atom. The molecule has 0 aromatic heterocycles. The normalized spacial score (nSPS) is 12.8. The number of hydrogen-bond donors (Lipinski definition) is 0. The van der Waals surface area contributed by atoms with Gasteiger partial charge in [0.05, 0.1) is 6.61 Å². The van der Waals surface area contributed by atoms with Gasteiger partial charge in [0.1, 0.15) is 6.04 Å². The van der Waals surface area contributed by atoms with Gasteiger partial charge >= 0.3 is 5.97 Å². The van der Waals surface area contributed by atoms with Gasteiger partial charge in [0.15, 0.2) is 0 Å². The van der Waals surface area contributed by atoms with E-state index in [4.69, 9.17) is 4.74 Å². The van der Waals surface area contributed by atoms with Crippen molar-refractivity contribution in [3.63, 3.8) is 0 Å². The topological polar surface area (TPSA) is 29.5 Å². The summed E-state index contributed by atoms with van der Waals surface area (Å²) in [6.45, 7) is 10.6. The molecule has 0 fully saturated rings. The first-order chi connectivity index (χ1) is 7.67. The zero-order valence-corrected chi connectivity index (χ0v) is 11.3. The molecule has 0 aromatic carbocycles. The lowest BCUT2D eigenvalue weighted by atomic mass is 10.2. The van der Waals surface area contributed by atoms with E-state index in [9.17, 15) is 4.79 Å². The molecule has 3 heteroatoms. The lowest BCUT2D eigenvalue weighted by molar-refractivity contribution is -0.148. The molecule has 0 aliphatic heterocycles. The number of unbranched alkanes of at least 4 members (excludes halogenated alkanes) is 2. The first kappa shape index (κ1) is 15.4. The standard InChI is InChI=1S/C13H27NO2/c1-5-8-9-11-14(10-6-2)12(4)13(15)16-7-3/h12H,5-11H2,1-4H3. The Morgan fingerprint density at radius 2 is 1.81 bits per heavy atom. The van der Waals surface area contributed by atoms with Crippen LogP contribution in [0.1, 0.15) is 53.4 Å². The summed E-state index contributed by atoms with van der Waals surface area (Å²) in [4.78, 5) is 13.9. The van der Waals surface area contributed by atoms with Crippen LogP contribution < -0.4 is 0 Å². The summed E-state index contributed by atoms with van der Waals surface area (Å²) in [5, 5.41) is 0. The van der Waals surface area contributed by atoms with E-state index in [0.717, 1.165) is 19.5 Å². The molecule has 0 bridgehead atoms. The molecule has 0 aliphatic carbocycles. The van der Waals surface area contributed by atoms with Crippen LogP contribution in [-0.4, -0.2) is 36.6 Å². The Morgan fingerprint density at radius 1 is 1.12 bits per heavy atom. The first-order valence-electron chi connectivity index (χ1n) is 6.57. The summed E-state index contributed by atoms with van der Waals surface area (Å²) in [6, 6.07) is -0.100. The third kappa shape index (κ3) is 6.11. The van der Waals surface area contributed by atoms with E-state index in [-0.39, 0.29) is 12.0 Å². The fourth-order valence-corrected chi connectivity index (χ4v) is 1.76. The van der Waals surface area contributed by atoms with Crippen molar-refractivity contribution < 1.29 is 9.53 Å². The summed E-state index contributed by atoms with van der Waals surface area (Å²) in [5.41, 5.74) is 0. The predicted molar refractivity (Wildman–Crippen MR) is 67.5 cm³/mol. The van der Waals surface area contributed by atoms with Crippen molar-refractivity contribution in [3.8, 4) is 0 Å². The second-order valence-corrected chi connectivity index (χ2v) is 4.17. The van der Waals surface area contributed by atoms with Crippen LogP contribution in [0.25, 0.3) is 0 Å². The molecule has 0 N–H and O–H groups in total. The fourth-order valence-electron chi connectivity index (χ4n) is 1.76. The van der Waals surface area contributed by atoms with E-state index in [0.29, 0.717) is 6.61 Å². The van der Waals surface area contributed by atoms with Crippen molar-refractivity contribution in [1.82, 2.24) is 4.90 Å². The van der Waals surface area contributed by atoms with Crippen LogP contribution in [0.15, 0.2) is 0 Å². The van der Waals surface area contributed by atoms with Gasteiger partial charge in [0.2, 0.25) is 0 Å². The summed E-state index contributed by atoms with van der Waals surface area (Å²) in [7, 11) is 0. The van der Waals surface area contributed by atoms with Gasteiger partial charge in [-0.05, 0) is 39.8 Å². The molecule has 0 aliphatic rings. The third-order valence-electron chi connectivity index (χ3n) is 2.74. The van der Waals surface area contributed by atoms with Crippen molar-refractivity contribution in [1.29, 1.82) is 0 Å². The zero-order chi connectivity index (χ0) is 12.4. The van der Waals surface area contributed by atoms with Gasteiger partial charge in [0.25, 0.3) is 0 Å². The summed E-state index contributed by atoms with van der Waals surface area (Å²) in [6.07, 6.45) is 4.69. The molecule has 1 atom stereocenters. The lowest BCUT2D eigenvalue weighted by Gasteiger charge is -2.27. The molecule has 0 rings (SSSR count). The Balaban J connectivity index is 4.10. The maximum absolute atomic E-state index is 11.6. The molecule has 0 heterocycles. The van der Waals surface area contributed by atoms with Gasteiger partial charge in [-0.15, -0.1) is 0 Å². The van der Waals surface area contributed by atoms with E-state index < -0.39 is 0 Å². The van der Waals surface area contributed by atoms with Crippen molar-refractivity contribution in [3.05, 3.63) is 0 Å². The maximum atomic E-state index is 11.6. The highest BCUT2D eigenvalue weighted by Gasteiger charge is 2.20. The van der Waals surface area contributed by atoms with E-state index in [1.165, 1.54) is 19.3 Å². The number of ether oxygens (including phenoxy) is 1. The predicted octanol–water partition coefficient (Wildman–Crippen LogP) is 2.84. The van der Waals surface area contributed by atoms with Gasteiger partial charge in [-0.3, -0.25) is 9.69 Å². The molecule has 3 nitrogen and oxygen atoms in total. The van der Waals surface area contributed by atoms with E-state index in [2.05, 4.69) is 18.7 Å². The average Bonchev–Trinajstić information content (AvgIpc) is 2.27. The minimum atomic E-state index is -0.100. The molecule has 0 amide bonds. The van der Waals surface area contributed by atoms with Crippen molar-refractivity contribution in [2.24, 2.45) is 0 Å². The quantitative estimate of drug-likeness (QED) is 0.450. The second-order valence-electron chi connectivity index (χ2n) is 4.17. The molecular weight excluding hydrogens is 202 g/mol. The minimum absolute atomic E-state index is 0.0903. The van der Waals surface area contributed by atoms with Gasteiger partial charge in [0, 0.05) is 0 Å². The second kappa shape index (κ2) is 9.64. The molecule has 1 unspecified atom stereocenters. The van der Waals surface area contributed by atoms with E-state index in [1.807, 2.05) is 13.8 Å². The highest BCUT2D eigenvalue weighted by atomic mass is 16.5. The molecule has 16 heavy (non-hydrogen) atoms. The van der Waals surface area contributed by atoms with E-state index >= 15 is 0 Å². The maximum Gasteiger partial charge on any atom is 0.323 e. The number of carbonyl (C=O) groups excluding carboxylic acids is 1. The number of rotatable bonds is 9. The van der Waals surface area contributed by atoms with E-state index in [1.54, 1.807) is 0 Å². The largest absolute Gasteiger partial charge is 0.465 e. The van der Waals surface area contributed by atoms with Crippen LogP contribution in [0.4, 0.5) is 0 Å². The number of esters is 1. The molecule has 0 spiro atoms. The molecule has 0 aromatic rings. The molecular formula is C13H27NO2. The van der Waals surface area contributed by atoms with Gasteiger partial charge < -0.3 is 4.74 Å². The third-order valence-corrected chi connectivity index (χ3v) is 2.74. The highest BCUT2D eigenvalue weighted by molar-refractivity contribution is 5.75. The van der Waals surface area contributed by atoms with Crippen LogP contribution in [0.2, 0.25) is 0 Å². The molecule has 0 saturated carbocycles. The van der Waals surface area contributed by atoms with Crippen LogP contribution in [0.5, 0.6) is 0 Å². The minimum Gasteiger partial charge on any atom is -0.465 e. The lowest BCUT2D eigenvalue weighted by Crippen LogP contribution is -2.41. The molecule has 0 radical (unpaired) electrons. The number of nitrogens with zero attached hydrogens (tertiary/aromatic N) is 1. The Bertz CT molecular complexity index is 183. The Hall–Kier alpha value is -0.570. The van der Waals surface area contributed by atoms with Crippen molar-refractivity contribution in [2.45, 2.75) is 59.4 Å². The zero-order valence-electron chi connectivity index (χ0n) is 11.3. The smallest absolute Gasteiger partial charge is 0.323 e. The van der Waals surface area contributed by atoms with Crippen LogP contribution in [-0.2, 0) is 9.53 Å². The Labute approximate surface area is 100 Å². The van der Waals surface area contributed by atoms with Crippen molar-refractivity contribution in [2.75, 3.05) is 19.7 Å². The summed E-state index contributed by atoms with van der Waals surface area (Å²) in [5.74, 6) is -0.0903. The number of hydrogen-bond acceptors (Lipinski definition) is 3. The highest BCUT2D eigenvalue weighted by Crippen LogP contribution is 2.06. The van der Waals surface area contributed by atoms with Crippen LogP contribution in [0, 0.1) is 0 Å². The van der Waals surface area contributed by atoms with Crippen LogP contribution >= 0.6 is 0 Å². The SMILES string of the molecule is CCCCCN(CCC)C(C)C(=O)OCC. The monoisotopic (exact) mass is 229 g/mol. The molecule has 0 saturated heterocycles. The summed E-state index contributed by atoms with van der Waals surface area (Å²) >= 11 is 0. The number of carbonyl (C=O) groups is 1. The van der Waals surface area contributed by atoms with Gasteiger partial charge in [-0.2, -0.15) is 0 Å². The first-order valence-corrected chi connectivity index (χ1v) is 6.57. The molecule has 96 valence electrons. The van der Waals surface area contributed by atoms with Gasteiger partial charge in [-0.25, -0.2) is 0 Å². The fraction of sp³-hybridized carbons (Fsp3) is 0.923. The van der Waals surface area contributed by atoms with Crippen molar-refractivity contribution >= 4 is 5.97 Å². The summed E-state index contributed by atoms with van der Waals surface area (Å²) < 4.78 is 5.06. The average molecular weight is 229 g/mol. The van der Waals surface area contributed by atoms with Gasteiger partial charge in [-0.1, -0.05) is 26.7 Å². The Kier molecular flexibility index (Phi) is 9.30. The van der Waals surface area contributed by atoms with Crippen LogP contribution in [0.3, 0.4) is 0 Å².